The van der Waals surface area contributed by atoms with E-state index in [1.807, 2.05) is 12.1 Å². The predicted molar refractivity (Wildman–Crippen MR) is 81.4 cm³/mol. The molecular formula is C14H23BrN2O2. The molecule has 4 nitrogen and oxygen atoms in total. The lowest BCUT2D eigenvalue weighted by Gasteiger charge is -2.27. The van der Waals surface area contributed by atoms with Gasteiger partial charge < -0.3 is 9.47 Å². The van der Waals surface area contributed by atoms with Crippen molar-refractivity contribution in [1.82, 2.24) is 5.43 Å². The van der Waals surface area contributed by atoms with Crippen LogP contribution in [0.2, 0.25) is 0 Å². The number of ether oxygens (including phenoxy) is 2. The molecule has 1 rings (SSSR count). The van der Waals surface area contributed by atoms with E-state index in [4.69, 9.17) is 15.3 Å². The molecule has 0 aliphatic heterocycles. The van der Waals surface area contributed by atoms with Crippen LogP contribution in [0.5, 0.6) is 11.5 Å². The van der Waals surface area contributed by atoms with Gasteiger partial charge in [0.1, 0.15) is 16.0 Å². The second-order valence-electron chi connectivity index (χ2n) is 4.43. The summed E-state index contributed by atoms with van der Waals surface area (Å²) in [6, 6.07) is 3.99. The van der Waals surface area contributed by atoms with E-state index >= 15 is 0 Å². The molecule has 1 unspecified atom stereocenters. The number of nitrogens with one attached hydrogen (secondary N) is 1. The number of hydrazine groups is 1. The fraction of sp³-hybridized carbons (Fsp3) is 0.571. The molecule has 0 aliphatic carbocycles. The van der Waals surface area contributed by atoms with Crippen molar-refractivity contribution in [3.8, 4) is 11.5 Å². The summed E-state index contributed by atoms with van der Waals surface area (Å²) in [6.07, 6.45) is 2.11. The van der Waals surface area contributed by atoms with Crippen molar-refractivity contribution < 1.29 is 9.47 Å². The van der Waals surface area contributed by atoms with E-state index < -0.39 is 0 Å². The number of hydrogen-bond acceptors (Lipinski definition) is 4. The van der Waals surface area contributed by atoms with Crippen molar-refractivity contribution in [2.24, 2.45) is 11.8 Å². The zero-order valence-corrected chi connectivity index (χ0v) is 13.6. The number of nitrogens with two attached hydrogens (primary N) is 1. The van der Waals surface area contributed by atoms with E-state index in [9.17, 15) is 0 Å². The summed E-state index contributed by atoms with van der Waals surface area (Å²) in [7, 11) is 3.29. The highest BCUT2D eigenvalue weighted by Gasteiger charge is 2.24. The average molecular weight is 331 g/mol. The maximum Gasteiger partial charge on any atom is 0.141 e. The molecule has 3 N–H and O–H groups in total. The van der Waals surface area contributed by atoms with Gasteiger partial charge in [-0.3, -0.25) is 11.3 Å². The molecule has 0 saturated carbocycles. The Labute approximate surface area is 123 Å². The van der Waals surface area contributed by atoms with Gasteiger partial charge >= 0.3 is 0 Å². The zero-order chi connectivity index (χ0) is 14.4. The largest absolute Gasteiger partial charge is 0.495 e. The van der Waals surface area contributed by atoms with Gasteiger partial charge in [0.05, 0.1) is 20.3 Å². The first kappa shape index (κ1) is 16.3. The van der Waals surface area contributed by atoms with Crippen LogP contribution >= 0.6 is 15.9 Å². The lowest BCUT2D eigenvalue weighted by atomic mass is 9.89. The Morgan fingerprint density at radius 2 is 1.84 bits per heavy atom. The van der Waals surface area contributed by atoms with E-state index in [1.54, 1.807) is 14.2 Å². The van der Waals surface area contributed by atoms with E-state index in [2.05, 4.69) is 35.2 Å². The van der Waals surface area contributed by atoms with Crippen molar-refractivity contribution in [2.45, 2.75) is 32.7 Å². The topological polar surface area (TPSA) is 56.5 Å². The third-order valence-electron chi connectivity index (χ3n) is 3.55. The van der Waals surface area contributed by atoms with Crippen molar-refractivity contribution in [3.05, 3.63) is 22.2 Å². The molecule has 0 spiro atoms. The third-order valence-corrected chi connectivity index (χ3v) is 4.30. The summed E-state index contributed by atoms with van der Waals surface area (Å²) in [4.78, 5) is 0. The van der Waals surface area contributed by atoms with Gasteiger partial charge in [-0.1, -0.05) is 26.7 Å². The Balaban J connectivity index is 3.27. The summed E-state index contributed by atoms with van der Waals surface area (Å²) in [5.74, 6) is 7.73. The van der Waals surface area contributed by atoms with Gasteiger partial charge in [-0.25, -0.2) is 0 Å². The molecule has 0 saturated heterocycles. The Bertz CT molecular complexity index is 409. The van der Waals surface area contributed by atoms with Crippen molar-refractivity contribution in [1.29, 1.82) is 0 Å². The van der Waals surface area contributed by atoms with Gasteiger partial charge in [0.25, 0.3) is 0 Å². The molecule has 0 aliphatic rings. The van der Waals surface area contributed by atoms with Crippen LogP contribution in [0.4, 0.5) is 0 Å². The fourth-order valence-electron chi connectivity index (χ4n) is 2.40. The molecule has 108 valence electrons. The first-order valence-corrected chi connectivity index (χ1v) is 7.30. The maximum atomic E-state index is 5.75. The van der Waals surface area contributed by atoms with Crippen LogP contribution in [-0.4, -0.2) is 14.2 Å². The normalized spacial score (nSPS) is 12.6. The second kappa shape index (κ2) is 7.72. The minimum absolute atomic E-state index is 0.0622. The monoisotopic (exact) mass is 330 g/mol. The van der Waals surface area contributed by atoms with E-state index in [0.29, 0.717) is 5.92 Å². The molecule has 5 heteroatoms. The molecular weight excluding hydrogens is 308 g/mol. The van der Waals surface area contributed by atoms with Crippen LogP contribution in [0.25, 0.3) is 0 Å². The molecule has 1 aromatic rings. The van der Waals surface area contributed by atoms with Gasteiger partial charge in [0.2, 0.25) is 0 Å². The standard InChI is InChI=1S/C14H23BrN2O2/c1-5-9(6-2)13(17-16)10-7-8-11(18-3)12(15)14(10)19-4/h7-9,13,17H,5-6,16H2,1-4H3. The summed E-state index contributed by atoms with van der Waals surface area (Å²) in [5.41, 5.74) is 3.97. The second-order valence-corrected chi connectivity index (χ2v) is 5.22. The lowest BCUT2D eigenvalue weighted by Crippen LogP contribution is -2.33. The van der Waals surface area contributed by atoms with E-state index in [-0.39, 0.29) is 6.04 Å². The number of hydrogen-bond donors (Lipinski definition) is 2. The van der Waals surface area contributed by atoms with Crippen LogP contribution in [0, 0.1) is 5.92 Å². The van der Waals surface area contributed by atoms with Gasteiger partial charge in [-0.05, 0) is 34.0 Å². The molecule has 0 fully saturated rings. The van der Waals surface area contributed by atoms with Crippen LogP contribution < -0.4 is 20.7 Å². The Hall–Kier alpha value is -0.780. The summed E-state index contributed by atoms with van der Waals surface area (Å²) in [5, 5.41) is 0. The van der Waals surface area contributed by atoms with E-state index in [0.717, 1.165) is 34.4 Å². The molecule has 1 atom stereocenters. The summed E-state index contributed by atoms with van der Waals surface area (Å²) < 4.78 is 11.6. The molecule has 1 aromatic carbocycles. The quantitative estimate of drug-likeness (QED) is 0.594. The molecule has 0 amide bonds. The number of rotatable bonds is 7. The van der Waals surface area contributed by atoms with Crippen LogP contribution in [0.15, 0.2) is 16.6 Å². The van der Waals surface area contributed by atoms with Crippen LogP contribution in [0.1, 0.15) is 38.3 Å². The third kappa shape index (κ3) is 3.41. The van der Waals surface area contributed by atoms with Gasteiger partial charge in [-0.15, -0.1) is 0 Å². The van der Waals surface area contributed by atoms with Crippen LogP contribution in [0.3, 0.4) is 0 Å². The number of benzene rings is 1. The van der Waals surface area contributed by atoms with Gasteiger partial charge in [0, 0.05) is 5.56 Å². The highest BCUT2D eigenvalue weighted by Crippen LogP contribution is 2.42. The Morgan fingerprint density at radius 1 is 1.21 bits per heavy atom. The van der Waals surface area contributed by atoms with Crippen molar-refractivity contribution >= 4 is 15.9 Å². The molecule has 0 bridgehead atoms. The fourth-order valence-corrected chi connectivity index (χ4v) is 3.09. The zero-order valence-electron chi connectivity index (χ0n) is 12.0. The first-order valence-electron chi connectivity index (χ1n) is 6.50. The highest BCUT2D eigenvalue weighted by molar-refractivity contribution is 9.10. The van der Waals surface area contributed by atoms with Crippen LogP contribution in [-0.2, 0) is 0 Å². The summed E-state index contributed by atoms with van der Waals surface area (Å²) >= 11 is 3.52. The molecule has 0 aromatic heterocycles. The Morgan fingerprint density at radius 3 is 2.26 bits per heavy atom. The SMILES string of the molecule is CCC(CC)C(NN)c1ccc(OC)c(Br)c1OC. The maximum absolute atomic E-state index is 5.75. The molecule has 0 radical (unpaired) electrons. The first-order chi connectivity index (χ1) is 9.14. The van der Waals surface area contributed by atoms with Gasteiger partial charge in [0.15, 0.2) is 0 Å². The Kier molecular flexibility index (Phi) is 6.62. The predicted octanol–water partition coefficient (Wildman–Crippen LogP) is 3.41. The highest BCUT2D eigenvalue weighted by atomic mass is 79.9. The molecule has 19 heavy (non-hydrogen) atoms. The summed E-state index contributed by atoms with van der Waals surface area (Å²) in [6.45, 7) is 4.34. The minimum atomic E-state index is 0.0622. The van der Waals surface area contributed by atoms with Crippen molar-refractivity contribution in [3.63, 3.8) is 0 Å². The van der Waals surface area contributed by atoms with Gasteiger partial charge in [-0.2, -0.15) is 0 Å². The average Bonchev–Trinajstić information content (AvgIpc) is 2.44. The molecule has 0 heterocycles. The van der Waals surface area contributed by atoms with Crippen molar-refractivity contribution in [2.75, 3.05) is 14.2 Å². The van der Waals surface area contributed by atoms with E-state index in [1.165, 1.54) is 0 Å². The smallest absolute Gasteiger partial charge is 0.141 e. The number of halogens is 1. The number of methoxy groups -OCH3 is 2. The lowest BCUT2D eigenvalue weighted by molar-refractivity contribution is 0.325. The minimum Gasteiger partial charge on any atom is -0.495 e.